The zero-order valence-electron chi connectivity index (χ0n) is 14.1. The van der Waals surface area contributed by atoms with E-state index in [1.807, 2.05) is 30.1 Å². The topological polar surface area (TPSA) is 55.6 Å². The van der Waals surface area contributed by atoms with Crippen LogP contribution in [0.15, 0.2) is 18.5 Å². The van der Waals surface area contributed by atoms with Crippen LogP contribution in [-0.4, -0.2) is 26.3 Å². The van der Waals surface area contributed by atoms with Crippen LogP contribution in [0.2, 0.25) is 0 Å². The van der Waals surface area contributed by atoms with Gasteiger partial charge in [0, 0.05) is 41.4 Å². The molecule has 0 fully saturated rings. The van der Waals surface area contributed by atoms with Crippen LogP contribution in [0.5, 0.6) is 0 Å². The molecule has 0 saturated carbocycles. The van der Waals surface area contributed by atoms with Gasteiger partial charge in [0.15, 0.2) is 0 Å². The number of nitrogens with zero attached hydrogens (tertiary/aromatic N) is 4. The Hall–Kier alpha value is -1.79. The first-order chi connectivity index (χ1) is 11.0. The molecule has 0 spiro atoms. The molecule has 3 aromatic heterocycles. The Morgan fingerprint density at radius 3 is 2.83 bits per heavy atom. The van der Waals surface area contributed by atoms with Crippen molar-refractivity contribution in [1.82, 2.24) is 25.1 Å². The summed E-state index contributed by atoms with van der Waals surface area (Å²) >= 11 is 1.78. The number of hydrogen-bond donors (Lipinski definition) is 1. The number of rotatable bonds is 6. The van der Waals surface area contributed by atoms with Crippen molar-refractivity contribution in [2.24, 2.45) is 5.92 Å². The van der Waals surface area contributed by atoms with Gasteiger partial charge in [0.1, 0.15) is 10.7 Å². The van der Waals surface area contributed by atoms with E-state index in [0.717, 1.165) is 36.0 Å². The highest BCUT2D eigenvalue weighted by molar-refractivity contribution is 7.18. The summed E-state index contributed by atoms with van der Waals surface area (Å²) in [6.07, 6.45) is 3.84. The van der Waals surface area contributed by atoms with E-state index in [2.05, 4.69) is 41.2 Å². The first-order valence-corrected chi connectivity index (χ1v) is 8.77. The first kappa shape index (κ1) is 16.1. The maximum absolute atomic E-state index is 4.58. The number of aryl methyl sites for hydroxylation is 3. The SMILES string of the molecule is Cc1nc(C)c2c(C)c(CNC[C@@H](C)Cn3cccn3)sc2n1. The summed E-state index contributed by atoms with van der Waals surface area (Å²) < 4.78 is 1.98. The van der Waals surface area contributed by atoms with Gasteiger partial charge in [0.2, 0.25) is 0 Å². The molecular formula is C17H23N5S. The molecule has 6 heteroatoms. The van der Waals surface area contributed by atoms with Crippen molar-refractivity contribution in [1.29, 1.82) is 0 Å². The summed E-state index contributed by atoms with van der Waals surface area (Å²) in [6, 6.07) is 1.96. The largest absolute Gasteiger partial charge is 0.312 e. The molecule has 0 aliphatic heterocycles. The van der Waals surface area contributed by atoms with Crippen molar-refractivity contribution in [3.63, 3.8) is 0 Å². The fraction of sp³-hybridized carbons (Fsp3) is 0.471. The molecule has 0 aromatic carbocycles. The van der Waals surface area contributed by atoms with Crippen LogP contribution >= 0.6 is 11.3 Å². The minimum absolute atomic E-state index is 0.536. The maximum atomic E-state index is 4.58. The fourth-order valence-electron chi connectivity index (χ4n) is 2.91. The molecular weight excluding hydrogens is 306 g/mol. The Morgan fingerprint density at radius 2 is 2.09 bits per heavy atom. The summed E-state index contributed by atoms with van der Waals surface area (Å²) in [5, 5.41) is 9.05. The lowest BCUT2D eigenvalue weighted by atomic mass is 10.1. The van der Waals surface area contributed by atoms with E-state index in [1.165, 1.54) is 15.8 Å². The van der Waals surface area contributed by atoms with E-state index < -0.39 is 0 Å². The molecule has 5 nitrogen and oxygen atoms in total. The van der Waals surface area contributed by atoms with E-state index in [4.69, 9.17) is 0 Å². The third kappa shape index (κ3) is 3.59. The van der Waals surface area contributed by atoms with Crippen LogP contribution in [0.1, 0.15) is 28.9 Å². The standard InChI is InChI=1S/C17H23N5S/c1-11(10-22-7-5-6-19-22)8-18-9-15-12(2)16-13(3)20-14(4)21-17(16)23-15/h5-7,11,18H,8-10H2,1-4H3/t11-/m1/s1. The minimum atomic E-state index is 0.536. The molecule has 1 N–H and O–H groups in total. The van der Waals surface area contributed by atoms with Crippen LogP contribution in [0.25, 0.3) is 10.2 Å². The third-order valence-electron chi connectivity index (χ3n) is 4.02. The molecule has 1 atom stereocenters. The second-order valence-electron chi connectivity index (χ2n) is 6.15. The quantitative estimate of drug-likeness (QED) is 0.754. The predicted octanol–water partition coefficient (Wildman–Crippen LogP) is 3.24. The number of thiophene rings is 1. The van der Waals surface area contributed by atoms with Crippen molar-refractivity contribution < 1.29 is 0 Å². The van der Waals surface area contributed by atoms with Crippen LogP contribution in [0.3, 0.4) is 0 Å². The summed E-state index contributed by atoms with van der Waals surface area (Å²) in [5.41, 5.74) is 2.40. The maximum Gasteiger partial charge on any atom is 0.127 e. The van der Waals surface area contributed by atoms with Gasteiger partial charge < -0.3 is 5.32 Å². The first-order valence-electron chi connectivity index (χ1n) is 7.96. The molecule has 23 heavy (non-hydrogen) atoms. The van der Waals surface area contributed by atoms with Gasteiger partial charge in [-0.1, -0.05) is 6.92 Å². The van der Waals surface area contributed by atoms with Crippen LogP contribution in [0.4, 0.5) is 0 Å². The zero-order valence-corrected chi connectivity index (χ0v) is 14.9. The van der Waals surface area contributed by atoms with Crippen molar-refractivity contribution in [2.45, 2.75) is 40.8 Å². The normalized spacial score (nSPS) is 12.9. The highest BCUT2D eigenvalue weighted by atomic mass is 32.1. The highest BCUT2D eigenvalue weighted by Gasteiger charge is 2.13. The van der Waals surface area contributed by atoms with E-state index in [0.29, 0.717) is 5.92 Å². The number of aromatic nitrogens is 4. The van der Waals surface area contributed by atoms with Gasteiger partial charge >= 0.3 is 0 Å². The molecule has 0 aliphatic rings. The molecule has 122 valence electrons. The Labute approximate surface area is 140 Å². The van der Waals surface area contributed by atoms with E-state index in [1.54, 1.807) is 11.3 Å². The highest BCUT2D eigenvalue weighted by Crippen LogP contribution is 2.31. The van der Waals surface area contributed by atoms with Gasteiger partial charge in [-0.05, 0) is 44.9 Å². The predicted molar refractivity (Wildman–Crippen MR) is 94.7 cm³/mol. The lowest BCUT2D eigenvalue weighted by Crippen LogP contribution is -2.23. The Kier molecular flexibility index (Phi) is 4.73. The second-order valence-corrected chi connectivity index (χ2v) is 7.23. The van der Waals surface area contributed by atoms with Crippen LogP contribution in [0, 0.1) is 26.7 Å². The van der Waals surface area contributed by atoms with Gasteiger partial charge in [-0.25, -0.2) is 9.97 Å². The number of nitrogens with one attached hydrogen (secondary N) is 1. The zero-order chi connectivity index (χ0) is 16.4. The summed E-state index contributed by atoms with van der Waals surface area (Å²) in [6.45, 7) is 11.2. The van der Waals surface area contributed by atoms with Gasteiger partial charge in [-0.2, -0.15) is 5.10 Å². The molecule has 0 aliphatic carbocycles. The van der Waals surface area contributed by atoms with Gasteiger partial charge in [0.05, 0.1) is 0 Å². The lowest BCUT2D eigenvalue weighted by molar-refractivity contribution is 0.422. The molecule has 0 radical (unpaired) electrons. The molecule has 3 heterocycles. The van der Waals surface area contributed by atoms with E-state index in [-0.39, 0.29) is 0 Å². The van der Waals surface area contributed by atoms with Gasteiger partial charge in [0.25, 0.3) is 0 Å². The molecule has 0 unspecified atom stereocenters. The van der Waals surface area contributed by atoms with Crippen molar-refractivity contribution in [3.8, 4) is 0 Å². The summed E-state index contributed by atoms with van der Waals surface area (Å²) in [5.74, 6) is 1.39. The Morgan fingerprint density at radius 1 is 1.26 bits per heavy atom. The Bertz CT molecular complexity index is 791. The van der Waals surface area contributed by atoms with E-state index >= 15 is 0 Å². The molecule has 3 aromatic rings. The second kappa shape index (κ2) is 6.76. The van der Waals surface area contributed by atoms with E-state index in [9.17, 15) is 0 Å². The lowest BCUT2D eigenvalue weighted by Gasteiger charge is -2.12. The van der Waals surface area contributed by atoms with Crippen molar-refractivity contribution in [3.05, 3.63) is 40.4 Å². The summed E-state index contributed by atoms with van der Waals surface area (Å²) in [4.78, 5) is 11.5. The van der Waals surface area contributed by atoms with Gasteiger partial charge in [-0.3, -0.25) is 4.68 Å². The molecule has 0 amide bonds. The summed E-state index contributed by atoms with van der Waals surface area (Å²) in [7, 11) is 0. The molecule has 0 bridgehead atoms. The average molecular weight is 329 g/mol. The van der Waals surface area contributed by atoms with Crippen LogP contribution in [-0.2, 0) is 13.1 Å². The average Bonchev–Trinajstić information content (AvgIpc) is 3.07. The smallest absolute Gasteiger partial charge is 0.127 e. The monoisotopic (exact) mass is 329 g/mol. The number of hydrogen-bond acceptors (Lipinski definition) is 5. The molecule has 3 rings (SSSR count). The fourth-order valence-corrected chi connectivity index (χ4v) is 4.16. The minimum Gasteiger partial charge on any atom is -0.312 e. The van der Waals surface area contributed by atoms with Crippen LogP contribution < -0.4 is 5.32 Å². The van der Waals surface area contributed by atoms with Gasteiger partial charge in [-0.15, -0.1) is 11.3 Å². The van der Waals surface area contributed by atoms with Crippen molar-refractivity contribution >= 4 is 21.6 Å². The molecule has 0 saturated heterocycles. The van der Waals surface area contributed by atoms with Crippen molar-refractivity contribution in [2.75, 3.05) is 6.54 Å². The number of fused-ring (bicyclic) bond motifs is 1. The third-order valence-corrected chi connectivity index (χ3v) is 5.20. The Balaban J connectivity index is 1.63.